The molecule has 0 saturated heterocycles. The molecule has 0 fully saturated rings. The van der Waals surface area contributed by atoms with Crippen LogP contribution < -0.4 is 5.32 Å². The summed E-state index contributed by atoms with van der Waals surface area (Å²) < 4.78 is 15.2. The molecule has 0 unspecified atom stereocenters. The smallest absolute Gasteiger partial charge is 0.151 e. The zero-order valence-electron chi connectivity index (χ0n) is 15.1. The van der Waals surface area contributed by atoms with Crippen molar-refractivity contribution >= 4 is 40.3 Å². The number of aliphatic hydroxyl groups excluding tert-OH is 1. The van der Waals surface area contributed by atoms with Crippen molar-refractivity contribution in [2.45, 2.75) is 6.42 Å². The van der Waals surface area contributed by atoms with E-state index in [-0.39, 0.29) is 11.6 Å². The fraction of sp³-hybridized carbons (Fsp3) is 0.0952. The number of aromatic nitrogens is 3. The standard InChI is InChI=1S/C21H16ClFN4O2/c22-18-7-15(1-3-19(18)23)26-21-17-8-16(2-4-20(17)24-12-25-21)27-9-13(5-6-28)14(10-27)11-29/h1-4,7-12,28H,5-6H2,(H,24,25,26). The highest BCUT2D eigenvalue weighted by Crippen LogP contribution is 2.28. The summed E-state index contributed by atoms with van der Waals surface area (Å²) in [5, 5.41) is 13.1. The summed E-state index contributed by atoms with van der Waals surface area (Å²) in [6.45, 7) is -0.0370. The number of carbonyl (C=O) groups is 1. The molecule has 29 heavy (non-hydrogen) atoms. The largest absolute Gasteiger partial charge is 0.396 e. The second-order valence-electron chi connectivity index (χ2n) is 6.42. The number of benzene rings is 2. The summed E-state index contributed by atoms with van der Waals surface area (Å²) in [4.78, 5) is 19.9. The SMILES string of the molecule is O=Cc1cn(-c2ccc3ncnc(Nc4ccc(F)c(Cl)c4)c3c2)cc1CCO. The van der Waals surface area contributed by atoms with Gasteiger partial charge < -0.3 is 15.0 Å². The van der Waals surface area contributed by atoms with E-state index in [1.807, 2.05) is 29.0 Å². The normalized spacial score (nSPS) is 11.0. The average Bonchev–Trinajstić information content (AvgIpc) is 3.14. The highest BCUT2D eigenvalue weighted by Gasteiger charge is 2.10. The Bertz CT molecular complexity index is 1210. The van der Waals surface area contributed by atoms with Gasteiger partial charge in [0.2, 0.25) is 0 Å². The van der Waals surface area contributed by atoms with E-state index in [1.54, 1.807) is 12.3 Å². The van der Waals surface area contributed by atoms with Crippen LogP contribution in [0.5, 0.6) is 0 Å². The van der Waals surface area contributed by atoms with Crippen molar-refractivity contribution in [3.8, 4) is 5.69 Å². The van der Waals surface area contributed by atoms with E-state index < -0.39 is 5.82 Å². The Labute approximate surface area is 170 Å². The monoisotopic (exact) mass is 410 g/mol. The van der Waals surface area contributed by atoms with E-state index in [2.05, 4.69) is 15.3 Å². The van der Waals surface area contributed by atoms with Crippen molar-refractivity contribution in [2.24, 2.45) is 0 Å². The van der Waals surface area contributed by atoms with Crippen LogP contribution in [-0.4, -0.2) is 32.5 Å². The molecular formula is C21H16ClFN4O2. The molecule has 0 spiro atoms. The van der Waals surface area contributed by atoms with Gasteiger partial charge in [-0.2, -0.15) is 0 Å². The molecule has 0 atom stereocenters. The van der Waals surface area contributed by atoms with Crippen LogP contribution in [0.4, 0.5) is 15.9 Å². The Morgan fingerprint density at radius 1 is 1.17 bits per heavy atom. The predicted molar refractivity (Wildman–Crippen MR) is 110 cm³/mol. The van der Waals surface area contributed by atoms with Crippen LogP contribution in [0.15, 0.2) is 55.1 Å². The van der Waals surface area contributed by atoms with E-state index >= 15 is 0 Å². The molecule has 0 bridgehead atoms. The second-order valence-corrected chi connectivity index (χ2v) is 6.82. The number of carbonyl (C=O) groups excluding carboxylic acids is 1. The van der Waals surface area contributed by atoms with Crippen LogP contribution >= 0.6 is 11.6 Å². The first-order chi connectivity index (χ1) is 14.1. The number of hydrogen-bond acceptors (Lipinski definition) is 5. The molecule has 0 saturated carbocycles. The van der Waals surface area contributed by atoms with E-state index in [9.17, 15) is 14.3 Å². The first-order valence-corrected chi connectivity index (χ1v) is 9.21. The molecule has 4 aromatic rings. The number of aldehydes is 1. The Morgan fingerprint density at radius 3 is 2.79 bits per heavy atom. The molecular weight excluding hydrogens is 395 g/mol. The third-order valence-electron chi connectivity index (χ3n) is 4.55. The van der Waals surface area contributed by atoms with Crippen molar-refractivity contribution in [1.82, 2.24) is 14.5 Å². The summed E-state index contributed by atoms with van der Waals surface area (Å²) >= 11 is 5.86. The minimum atomic E-state index is -0.496. The average molecular weight is 411 g/mol. The van der Waals surface area contributed by atoms with Crippen LogP contribution in [0.25, 0.3) is 16.6 Å². The van der Waals surface area contributed by atoms with E-state index in [0.29, 0.717) is 23.5 Å². The molecule has 4 rings (SSSR count). The molecule has 0 amide bonds. The maximum atomic E-state index is 13.4. The lowest BCUT2D eigenvalue weighted by Gasteiger charge is -2.11. The summed E-state index contributed by atoms with van der Waals surface area (Å²) in [7, 11) is 0. The number of hydrogen-bond donors (Lipinski definition) is 2. The Hall–Kier alpha value is -3.29. The highest BCUT2D eigenvalue weighted by atomic mass is 35.5. The maximum Gasteiger partial charge on any atom is 0.151 e. The van der Waals surface area contributed by atoms with Crippen LogP contribution in [0, 0.1) is 5.82 Å². The summed E-state index contributed by atoms with van der Waals surface area (Å²) in [6, 6.07) is 9.95. The third-order valence-corrected chi connectivity index (χ3v) is 4.84. The number of aliphatic hydroxyl groups is 1. The second kappa shape index (κ2) is 7.98. The van der Waals surface area contributed by atoms with Crippen LogP contribution in [0.3, 0.4) is 0 Å². The molecule has 0 aliphatic heterocycles. The minimum absolute atomic E-state index is 0.0131. The van der Waals surface area contributed by atoms with Gasteiger partial charge in [0.05, 0.1) is 10.5 Å². The number of halogens is 2. The van der Waals surface area contributed by atoms with E-state index in [0.717, 1.165) is 28.4 Å². The third kappa shape index (κ3) is 3.83. The molecule has 2 heterocycles. The Morgan fingerprint density at radius 2 is 2.03 bits per heavy atom. The van der Waals surface area contributed by atoms with Gasteiger partial charge in [-0.15, -0.1) is 0 Å². The molecule has 2 N–H and O–H groups in total. The lowest BCUT2D eigenvalue weighted by atomic mass is 10.2. The molecule has 6 nitrogen and oxygen atoms in total. The quantitative estimate of drug-likeness (QED) is 0.463. The van der Waals surface area contributed by atoms with Gasteiger partial charge in [-0.25, -0.2) is 14.4 Å². The number of nitrogens with one attached hydrogen (secondary N) is 1. The maximum absolute atomic E-state index is 13.4. The van der Waals surface area contributed by atoms with Crippen LogP contribution in [0.1, 0.15) is 15.9 Å². The predicted octanol–water partition coefficient (Wildman–Crippen LogP) is 4.30. The van der Waals surface area contributed by atoms with E-state index in [4.69, 9.17) is 11.6 Å². The molecule has 0 aliphatic carbocycles. The zero-order valence-corrected chi connectivity index (χ0v) is 15.9. The minimum Gasteiger partial charge on any atom is -0.396 e. The number of nitrogens with zero attached hydrogens (tertiary/aromatic N) is 3. The summed E-state index contributed by atoms with van der Waals surface area (Å²) in [5.74, 6) is 0.0437. The van der Waals surface area contributed by atoms with Crippen molar-refractivity contribution in [2.75, 3.05) is 11.9 Å². The summed E-state index contributed by atoms with van der Waals surface area (Å²) in [5.41, 5.74) is 3.42. The van der Waals surface area contributed by atoms with Gasteiger partial charge in [-0.3, -0.25) is 4.79 Å². The summed E-state index contributed by atoms with van der Waals surface area (Å²) in [6.07, 6.45) is 6.15. The molecule has 2 aromatic carbocycles. The molecule has 8 heteroatoms. The fourth-order valence-corrected chi connectivity index (χ4v) is 3.29. The molecule has 2 aromatic heterocycles. The van der Waals surface area contributed by atoms with Crippen LogP contribution in [0.2, 0.25) is 5.02 Å². The first-order valence-electron chi connectivity index (χ1n) is 8.83. The molecule has 146 valence electrons. The topological polar surface area (TPSA) is 80.0 Å². The lowest BCUT2D eigenvalue weighted by Crippen LogP contribution is -1.98. The zero-order chi connectivity index (χ0) is 20.4. The van der Waals surface area contributed by atoms with Crippen LogP contribution in [-0.2, 0) is 6.42 Å². The van der Waals surface area contributed by atoms with Gasteiger partial charge in [0.1, 0.15) is 18.0 Å². The van der Waals surface area contributed by atoms with E-state index in [1.165, 1.54) is 18.5 Å². The highest BCUT2D eigenvalue weighted by molar-refractivity contribution is 6.31. The van der Waals surface area contributed by atoms with Gasteiger partial charge in [-0.1, -0.05) is 11.6 Å². The van der Waals surface area contributed by atoms with Crippen molar-refractivity contribution < 1.29 is 14.3 Å². The molecule has 0 aliphatic rings. The Balaban J connectivity index is 1.76. The van der Waals surface area contributed by atoms with Crippen molar-refractivity contribution in [1.29, 1.82) is 0 Å². The van der Waals surface area contributed by atoms with Gasteiger partial charge in [0, 0.05) is 41.3 Å². The number of rotatable bonds is 6. The van der Waals surface area contributed by atoms with Gasteiger partial charge in [0.15, 0.2) is 6.29 Å². The molecule has 0 radical (unpaired) electrons. The Kier molecular flexibility index (Phi) is 5.24. The van der Waals surface area contributed by atoms with Gasteiger partial charge in [0.25, 0.3) is 0 Å². The fourth-order valence-electron chi connectivity index (χ4n) is 3.11. The van der Waals surface area contributed by atoms with Crippen molar-refractivity contribution in [3.05, 3.63) is 77.1 Å². The van der Waals surface area contributed by atoms with Crippen molar-refractivity contribution in [3.63, 3.8) is 0 Å². The lowest BCUT2D eigenvalue weighted by molar-refractivity contribution is 0.112. The first kappa shape index (κ1) is 19.0. The number of anilines is 2. The van der Waals surface area contributed by atoms with Gasteiger partial charge in [-0.05, 0) is 48.4 Å². The number of fused-ring (bicyclic) bond motifs is 1. The van der Waals surface area contributed by atoms with Gasteiger partial charge >= 0.3 is 0 Å².